The molecule has 0 saturated heterocycles. The van der Waals surface area contributed by atoms with Crippen LogP contribution in [-0.4, -0.2) is 37.2 Å². The zero-order chi connectivity index (χ0) is 47.9. The van der Waals surface area contributed by atoms with Crippen molar-refractivity contribution in [3.63, 3.8) is 0 Å². The molecule has 0 aromatic carbocycles. The van der Waals surface area contributed by atoms with Crippen molar-refractivity contribution in [2.45, 2.75) is 329 Å². The van der Waals surface area contributed by atoms with E-state index in [-0.39, 0.29) is 31.1 Å². The van der Waals surface area contributed by atoms with Gasteiger partial charge in [-0.2, -0.15) is 0 Å². The third-order valence-corrected chi connectivity index (χ3v) is 13.2. The number of allylic oxidation sites excluding steroid dienone is 4. The van der Waals surface area contributed by atoms with Gasteiger partial charge in [0.25, 0.3) is 0 Å². The summed E-state index contributed by atoms with van der Waals surface area (Å²) in [4.78, 5) is 38.1. The minimum absolute atomic E-state index is 0.0671. The summed E-state index contributed by atoms with van der Waals surface area (Å²) >= 11 is 0. The van der Waals surface area contributed by atoms with Crippen LogP contribution in [0.2, 0.25) is 0 Å². The molecule has 1 unspecified atom stereocenters. The highest BCUT2D eigenvalue weighted by atomic mass is 16.6. The van der Waals surface area contributed by atoms with E-state index in [2.05, 4.69) is 45.1 Å². The van der Waals surface area contributed by atoms with Crippen molar-refractivity contribution >= 4 is 17.9 Å². The summed E-state index contributed by atoms with van der Waals surface area (Å²) in [5.74, 6) is -0.852. The summed E-state index contributed by atoms with van der Waals surface area (Å²) in [6, 6.07) is 0. The molecule has 0 saturated carbocycles. The van der Waals surface area contributed by atoms with Gasteiger partial charge in [0.1, 0.15) is 13.2 Å². The second-order valence-corrected chi connectivity index (χ2v) is 19.9. The van der Waals surface area contributed by atoms with Crippen LogP contribution in [0.4, 0.5) is 0 Å². The molecule has 6 nitrogen and oxygen atoms in total. The number of carbonyl (C=O) groups is 3. The number of rotatable bonds is 54. The zero-order valence-corrected chi connectivity index (χ0v) is 44.5. The average molecular weight is 930 g/mol. The van der Waals surface area contributed by atoms with E-state index >= 15 is 0 Å². The Morgan fingerprint density at radius 3 is 0.833 bits per heavy atom. The predicted molar refractivity (Wildman–Crippen MR) is 284 cm³/mol. The Bertz CT molecular complexity index is 1070. The van der Waals surface area contributed by atoms with Crippen LogP contribution in [0, 0.1) is 0 Å². The molecule has 0 aromatic rings. The second kappa shape index (κ2) is 55.5. The monoisotopic (exact) mass is 929 g/mol. The predicted octanol–water partition coefficient (Wildman–Crippen LogP) is 19.5. The molecule has 66 heavy (non-hydrogen) atoms. The standard InChI is InChI=1S/C60H112O6/c1-4-7-10-13-16-19-22-24-26-28-29-30-31-33-34-36-38-41-44-47-50-53-59(62)65-56-57(55-64-58(61)52-49-46-43-40-21-18-15-12-9-6-3)66-60(63)54-51-48-45-42-39-37-35-32-27-25-23-20-17-14-11-8-5-2/h22,24,28-29,57H,4-21,23,25-27,30-56H2,1-3H3/b24-22-,29-28-. The maximum Gasteiger partial charge on any atom is 0.306 e. The number of hydrogen-bond donors (Lipinski definition) is 0. The van der Waals surface area contributed by atoms with Crippen LogP contribution in [0.3, 0.4) is 0 Å². The van der Waals surface area contributed by atoms with Crippen LogP contribution in [-0.2, 0) is 28.6 Å². The zero-order valence-electron chi connectivity index (χ0n) is 44.5. The number of ether oxygens (including phenoxy) is 3. The van der Waals surface area contributed by atoms with Crippen LogP contribution in [0.15, 0.2) is 24.3 Å². The molecule has 1 atom stereocenters. The van der Waals surface area contributed by atoms with Crippen molar-refractivity contribution in [2.24, 2.45) is 0 Å². The molecule has 0 aliphatic rings. The van der Waals surface area contributed by atoms with E-state index in [0.29, 0.717) is 19.3 Å². The molecule has 6 heteroatoms. The van der Waals surface area contributed by atoms with Gasteiger partial charge >= 0.3 is 17.9 Å². The molecule has 0 N–H and O–H groups in total. The fourth-order valence-corrected chi connectivity index (χ4v) is 8.77. The first-order valence-electron chi connectivity index (χ1n) is 29.3. The molecule has 0 bridgehead atoms. The van der Waals surface area contributed by atoms with Gasteiger partial charge in [-0.05, 0) is 51.4 Å². The molecule has 388 valence electrons. The first-order chi connectivity index (χ1) is 32.5. The Kier molecular flexibility index (Phi) is 53.7. The number of carbonyl (C=O) groups excluding carboxylic acids is 3. The van der Waals surface area contributed by atoms with Crippen molar-refractivity contribution in [2.75, 3.05) is 13.2 Å². The smallest absolute Gasteiger partial charge is 0.306 e. The lowest BCUT2D eigenvalue weighted by molar-refractivity contribution is -0.167. The summed E-state index contributed by atoms with van der Waals surface area (Å²) < 4.78 is 16.9. The van der Waals surface area contributed by atoms with Crippen LogP contribution in [0.1, 0.15) is 323 Å². The van der Waals surface area contributed by atoms with Crippen molar-refractivity contribution in [1.29, 1.82) is 0 Å². The van der Waals surface area contributed by atoms with E-state index in [9.17, 15) is 14.4 Å². The molecule has 0 radical (unpaired) electrons. The minimum Gasteiger partial charge on any atom is -0.462 e. The molecule has 0 aliphatic heterocycles. The molecule has 0 heterocycles. The second-order valence-electron chi connectivity index (χ2n) is 19.9. The SMILES string of the molecule is CCCCCCC/C=C\C/C=C\CCCCCCCCCCCC(=O)OCC(COC(=O)CCCCCCCCCCCC)OC(=O)CCCCCCCCCCCCCCCCCCC. The van der Waals surface area contributed by atoms with E-state index in [1.165, 1.54) is 218 Å². The van der Waals surface area contributed by atoms with Crippen molar-refractivity contribution in [3.8, 4) is 0 Å². The van der Waals surface area contributed by atoms with Crippen LogP contribution in [0.25, 0.3) is 0 Å². The lowest BCUT2D eigenvalue weighted by Gasteiger charge is -2.18. The van der Waals surface area contributed by atoms with Crippen LogP contribution >= 0.6 is 0 Å². The van der Waals surface area contributed by atoms with Gasteiger partial charge in [-0.25, -0.2) is 0 Å². The molecule has 0 amide bonds. The van der Waals surface area contributed by atoms with Gasteiger partial charge in [-0.1, -0.05) is 276 Å². The molecule has 0 aliphatic carbocycles. The summed E-state index contributed by atoms with van der Waals surface area (Å²) in [7, 11) is 0. The minimum atomic E-state index is -0.767. The maximum atomic E-state index is 12.8. The van der Waals surface area contributed by atoms with Gasteiger partial charge < -0.3 is 14.2 Å². The van der Waals surface area contributed by atoms with Crippen molar-refractivity contribution in [1.82, 2.24) is 0 Å². The largest absolute Gasteiger partial charge is 0.462 e. The summed E-state index contributed by atoms with van der Waals surface area (Å²) in [5.41, 5.74) is 0. The van der Waals surface area contributed by atoms with Gasteiger partial charge in [0.2, 0.25) is 0 Å². The highest BCUT2D eigenvalue weighted by Gasteiger charge is 2.19. The highest BCUT2D eigenvalue weighted by molar-refractivity contribution is 5.71. The lowest BCUT2D eigenvalue weighted by Crippen LogP contribution is -2.30. The van der Waals surface area contributed by atoms with Gasteiger partial charge in [-0.3, -0.25) is 14.4 Å². The van der Waals surface area contributed by atoms with Gasteiger partial charge in [0.05, 0.1) is 0 Å². The Labute approximate surface area is 411 Å². The first-order valence-corrected chi connectivity index (χ1v) is 29.3. The Balaban J connectivity index is 4.25. The van der Waals surface area contributed by atoms with Gasteiger partial charge in [0.15, 0.2) is 6.10 Å². The molecule has 0 aromatic heterocycles. The van der Waals surface area contributed by atoms with E-state index in [0.717, 1.165) is 64.2 Å². The number of hydrogen-bond acceptors (Lipinski definition) is 6. The Hall–Kier alpha value is -2.11. The third-order valence-electron chi connectivity index (χ3n) is 13.2. The third kappa shape index (κ3) is 52.9. The number of esters is 3. The lowest BCUT2D eigenvalue weighted by atomic mass is 10.0. The molecule has 0 rings (SSSR count). The number of unbranched alkanes of at least 4 members (excludes halogenated alkanes) is 39. The summed E-state index contributed by atoms with van der Waals surface area (Å²) in [6.45, 7) is 6.66. The fourth-order valence-electron chi connectivity index (χ4n) is 8.77. The maximum absolute atomic E-state index is 12.8. The summed E-state index contributed by atoms with van der Waals surface area (Å²) in [6.07, 6.45) is 64.6. The van der Waals surface area contributed by atoms with Crippen molar-refractivity contribution < 1.29 is 28.6 Å². The van der Waals surface area contributed by atoms with Gasteiger partial charge in [-0.15, -0.1) is 0 Å². The van der Waals surface area contributed by atoms with E-state index in [1.807, 2.05) is 0 Å². The average Bonchev–Trinajstić information content (AvgIpc) is 3.31. The fraction of sp³-hybridized carbons (Fsp3) is 0.883. The Morgan fingerprint density at radius 2 is 0.545 bits per heavy atom. The first kappa shape index (κ1) is 63.9. The molecular formula is C60H112O6. The van der Waals surface area contributed by atoms with Crippen molar-refractivity contribution in [3.05, 3.63) is 24.3 Å². The highest BCUT2D eigenvalue weighted by Crippen LogP contribution is 2.17. The van der Waals surface area contributed by atoms with E-state index < -0.39 is 6.10 Å². The van der Waals surface area contributed by atoms with Crippen LogP contribution in [0.5, 0.6) is 0 Å². The van der Waals surface area contributed by atoms with E-state index in [4.69, 9.17) is 14.2 Å². The van der Waals surface area contributed by atoms with Gasteiger partial charge in [0, 0.05) is 19.3 Å². The summed E-state index contributed by atoms with van der Waals surface area (Å²) in [5, 5.41) is 0. The normalized spacial score (nSPS) is 12.1. The molecule has 0 spiro atoms. The quantitative estimate of drug-likeness (QED) is 0.0262. The van der Waals surface area contributed by atoms with E-state index in [1.54, 1.807) is 0 Å². The molecular weight excluding hydrogens is 817 g/mol. The Morgan fingerprint density at radius 1 is 0.303 bits per heavy atom. The van der Waals surface area contributed by atoms with Crippen LogP contribution < -0.4 is 0 Å². The molecule has 0 fully saturated rings. The topological polar surface area (TPSA) is 78.9 Å².